The molecule has 2 heterocycles. The molecule has 0 atom stereocenters. The van der Waals surface area contributed by atoms with Crippen LogP contribution in [0, 0.1) is 11.3 Å². The summed E-state index contributed by atoms with van der Waals surface area (Å²) >= 11 is 0. The van der Waals surface area contributed by atoms with Gasteiger partial charge in [0.25, 0.3) is 10.0 Å². The fourth-order valence-corrected chi connectivity index (χ4v) is 4.38. The second-order valence-corrected chi connectivity index (χ2v) is 10.0. The molecule has 0 spiro atoms. The van der Waals surface area contributed by atoms with E-state index in [1.807, 2.05) is 23.7 Å². The summed E-state index contributed by atoms with van der Waals surface area (Å²) in [5.74, 6) is 6.39. The lowest BCUT2D eigenvalue weighted by atomic mass is 10.1. The van der Waals surface area contributed by atoms with Crippen LogP contribution < -0.4 is 15.0 Å². The van der Waals surface area contributed by atoms with Gasteiger partial charge in [0.05, 0.1) is 27.7 Å². The van der Waals surface area contributed by atoms with Crippen LogP contribution >= 0.6 is 0 Å². The van der Waals surface area contributed by atoms with Crippen molar-refractivity contribution in [2.75, 3.05) is 4.41 Å². The van der Waals surface area contributed by atoms with Gasteiger partial charge in [0.15, 0.2) is 0 Å². The van der Waals surface area contributed by atoms with E-state index in [4.69, 9.17) is 10.6 Å². The molecule has 0 saturated heterocycles. The molecule has 0 aliphatic heterocycles. The topological polar surface area (TPSA) is 127 Å². The van der Waals surface area contributed by atoms with E-state index in [9.17, 15) is 13.7 Å². The number of nitriles is 1. The molecule has 168 valence electrons. The van der Waals surface area contributed by atoms with E-state index >= 15 is 0 Å². The van der Waals surface area contributed by atoms with Crippen LogP contribution in [0.1, 0.15) is 19.4 Å². The molecule has 2 aromatic carbocycles. The van der Waals surface area contributed by atoms with Crippen molar-refractivity contribution < 1.29 is 13.2 Å². The maximum Gasteiger partial charge on any atom is 0.321 e. The van der Waals surface area contributed by atoms with E-state index < -0.39 is 15.3 Å². The van der Waals surface area contributed by atoms with Crippen LogP contribution in [0.4, 0.5) is 5.69 Å². The highest BCUT2D eigenvalue weighted by molar-refractivity contribution is 7.93. The number of rotatable bonds is 6. The standard InChI is InChI=1S/C23H22N6O3S/c1-15(2)33(30,31)29(25)17-7-5-16(6-8-17)22-20(14-24)19-10-9-18(13-21(19)28(22)3)32-23-26-11-4-12-27-23/h4-13,15H,25H2,1-3H3. The van der Waals surface area contributed by atoms with Gasteiger partial charge in [-0.05, 0) is 49.7 Å². The molecule has 2 N–H and O–H groups in total. The predicted molar refractivity (Wildman–Crippen MR) is 126 cm³/mol. The number of fused-ring (bicyclic) bond motifs is 1. The van der Waals surface area contributed by atoms with E-state index in [1.54, 1.807) is 62.6 Å². The Labute approximate surface area is 191 Å². The number of nitrogens with zero attached hydrogens (tertiary/aromatic N) is 5. The van der Waals surface area contributed by atoms with E-state index in [-0.39, 0.29) is 6.01 Å². The number of nitrogens with two attached hydrogens (primary N) is 1. The van der Waals surface area contributed by atoms with E-state index in [0.29, 0.717) is 22.7 Å². The second-order valence-electron chi connectivity index (χ2n) is 7.64. The summed E-state index contributed by atoms with van der Waals surface area (Å²) < 4.78 is 33.1. The lowest BCUT2D eigenvalue weighted by Crippen LogP contribution is -2.41. The highest BCUT2D eigenvalue weighted by atomic mass is 32.2. The number of aromatic nitrogens is 3. The summed E-state index contributed by atoms with van der Waals surface area (Å²) in [6.07, 6.45) is 3.18. The molecule has 33 heavy (non-hydrogen) atoms. The smallest absolute Gasteiger partial charge is 0.321 e. The molecule has 4 aromatic rings. The Hall–Kier alpha value is -3.94. The van der Waals surface area contributed by atoms with Gasteiger partial charge in [0.1, 0.15) is 11.8 Å². The molecule has 0 aliphatic rings. The van der Waals surface area contributed by atoms with E-state index in [1.165, 1.54) is 0 Å². The minimum absolute atomic E-state index is 0.227. The number of hydrogen-bond acceptors (Lipinski definition) is 7. The molecule has 10 heteroatoms. The minimum Gasteiger partial charge on any atom is -0.424 e. The highest BCUT2D eigenvalue weighted by Crippen LogP contribution is 2.35. The third-order valence-electron chi connectivity index (χ3n) is 5.30. The predicted octanol–water partition coefficient (Wildman–Crippen LogP) is 3.72. The number of anilines is 1. The minimum atomic E-state index is -3.65. The van der Waals surface area contributed by atoms with Crippen LogP contribution in [0.2, 0.25) is 0 Å². The third-order valence-corrected chi connectivity index (χ3v) is 7.25. The van der Waals surface area contributed by atoms with Gasteiger partial charge in [-0.2, -0.15) is 5.26 Å². The van der Waals surface area contributed by atoms with E-state index in [2.05, 4.69) is 16.0 Å². The summed E-state index contributed by atoms with van der Waals surface area (Å²) in [6, 6.07) is 16.3. The molecule has 0 aliphatic carbocycles. The Kier molecular flexibility index (Phi) is 5.76. The van der Waals surface area contributed by atoms with Gasteiger partial charge in [-0.15, -0.1) is 0 Å². The normalized spacial score (nSPS) is 11.5. The number of hydrogen-bond donors (Lipinski definition) is 1. The number of hydrazine groups is 1. The van der Waals surface area contributed by atoms with E-state index in [0.717, 1.165) is 20.9 Å². The molecule has 2 aromatic heterocycles. The molecule has 9 nitrogen and oxygen atoms in total. The summed E-state index contributed by atoms with van der Waals surface area (Å²) in [5, 5.41) is 10.0. The van der Waals surface area contributed by atoms with Gasteiger partial charge < -0.3 is 9.30 Å². The highest BCUT2D eigenvalue weighted by Gasteiger charge is 2.24. The average molecular weight is 463 g/mol. The molecule has 0 unspecified atom stereocenters. The SMILES string of the molecule is CC(C)S(=O)(=O)N(N)c1ccc(-c2c(C#N)c3ccc(Oc4ncccn4)cc3n2C)cc1. The fraction of sp³-hybridized carbons (Fsp3) is 0.174. The first-order valence-electron chi connectivity index (χ1n) is 10.1. The van der Waals surface area contributed by atoms with Crippen molar-refractivity contribution in [3.63, 3.8) is 0 Å². The zero-order valence-electron chi connectivity index (χ0n) is 18.3. The lowest BCUT2D eigenvalue weighted by Gasteiger charge is -2.21. The Morgan fingerprint density at radius 3 is 2.39 bits per heavy atom. The van der Waals surface area contributed by atoms with Crippen molar-refractivity contribution in [2.45, 2.75) is 19.1 Å². The van der Waals surface area contributed by atoms with Crippen molar-refractivity contribution in [3.05, 3.63) is 66.5 Å². The molecule has 0 bridgehead atoms. The number of sulfonamides is 1. The molecule has 0 amide bonds. The van der Waals surface area contributed by atoms with Crippen molar-refractivity contribution in [1.82, 2.24) is 14.5 Å². The van der Waals surface area contributed by atoms with Crippen molar-refractivity contribution in [2.24, 2.45) is 12.9 Å². The number of benzene rings is 2. The Morgan fingerprint density at radius 2 is 1.79 bits per heavy atom. The zero-order valence-corrected chi connectivity index (χ0v) is 19.1. The number of ether oxygens (including phenoxy) is 1. The van der Waals surface area contributed by atoms with Gasteiger partial charge in [0, 0.05) is 30.9 Å². The van der Waals surface area contributed by atoms with Crippen molar-refractivity contribution >= 4 is 26.6 Å². The van der Waals surface area contributed by atoms with Gasteiger partial charge in [-0.3, -0.25) is 0 Å². The van der Waals surface area contributed by atoms with Gasteiger partial charge >= 0.3 is 6.01 Å². The maximum absolute atomic E-state index is 12.4. The largest absolute Gasteiger partial charge is 0.424 e. The monoisotopic (exact) mass is 462 g/mol. The van der Waals surface area contributed by atoms with Crippen LogP contribution in [0.25, 0.3) is 22.2 Å². The van der Waals surface area contributed by atoms with Crippen LogP contribution in [0.5, 0.6) is 11.8 Å². The maximum atomic E-state index is 12.4. The first kappa shape index (κ1) is 22.3. The molecule has 4 rings (SSSR count). The molecule has 0 fully saturated rings. The van der Waals surface area contributed by atoms with Crippen LogP contribution in [-0.2, 0) is 17.1 Å². The first-order chi connectivity index (χ1) is 15.7. The number of aryl methyl sites for hydroxylation is 1. The van der Waals surface area contributed by atoms with Gasteiger partial charge in [-0.1, -0.05) is 12.1 Å². The Morgan fingerprint density at radius 1 is 1.12 bits per heavy atom. The van der Waals surface area contributed by atoms with Crippen LogP contribution in [0.15, 0.2) is 60.9 Å². The Bertz CT molecular complexity index is 1460. The van der Waals surface area contributed by atoms with Crippen molar-refractivity contribution in [1.29, 1.82) is 5.26 Å². The second kappa shape index (κ2) is 8.54. The van der Waals surface area contributed by atoms with Crippen LogP contribution in [0.3, 0.4) is 0 Å². The van der Waals surface area contributed by atoms with Gasteiger partial charge in [0.2, 0.25) is 0 Å². The average Bonchev–Trinajstić information content (AvgIpc) is 3.10. The van der Waals surface area contributed by atoms with Gasteiger partial charge in [-0.25, -0.2) is 28.6 Å². The summed E-state index contributed by atoms with van der Waals surface area (Å²) in [4.78, 5) is 8.13. The third kappa shape index (κ3) is 4.00. The lowest BCUT2D eigenvalue weighted by molar-refractivity contribution is 0.442. The molecule has 0 saturated carbocycles. The van der Waals surface area contributed by atoms with Crippen molar-refractivity contribution in [3.8, 4) is 29.1 Å². The first-order valence-corrected chi connectivity index (χ1v) is 11.6. The quantitative estimate of drug-likeness (QED) is 0.342. The fourth-order valence-electron chi connectivity index (χ4n) is 3.51. The molecular weight excluding hydrogens is 440 g/mol. The molecule has 0 radical (unpaired) electrons. The van der Waals surface area contributed by atoms with Crippen LogP contribution in [-0.4, -0.2) is 28.2 Å². The molecular formula is C23H22N6O3S. The summed E-state index contributed by atoms with van der Waals surface area (Å²) in [5.41, 5.74) is 3.08. The summed E-state index contributed by atoms with van der Waals surface area (Å²) in [6.45, 7) is 3.14. The zero-order chi connectivity index (χ0) is 23.8. The Balaban J connectivity index is 1.75. The summed E-state index contributed by atoms with van der Waals surface area (Å²) in [7, 11) is -1.80.